The number of hydrogen-bond acceptors (Lipinski definition) is 0. The fourth-order valence-electron chi connectivity index (χ4n) is 9.94. The molecule has 1 aliphatic heterocycles. The van der Waals surface area contributed by atoms with Gasteiger partial charge >= 0.3 is 166 Å². The van der Waals surface area contributed by atoms with Crippen LogP contribution in [-0.2, 0) is 33.7 Å². The van der Waals surface area contributed by atoms with Crippen molar-refractivity contribution in [3.05, 3.63) is 85.5 Å². The Morgan fingerprint density at radius 1 is 0.379 bits per heavy atom. The number of allylic oxidation sites excluding steroid dienone is 2. The first-order valence-electron chi connectivity index (χ1n) is 28.9. The molecular formula is C63H108N2Ni. The number of aryl methyl sites for hydroxylation is 4. The minimum atomic E-state index is 0.922. The minimum Gasteiger partial charge on any atom is -0.0654 e. The second kappa shape index (κ2) is 38.8. The van der Waals surface area contributed by atoms with Crippen molar-refractivity contribution in [2.75, 3.05) is 0 Å². The van der Waals surface area contributed by atoms with E-state index in [0.29, 0.717) is 0 Å². The summed E-state index contributed by atoms with van der Waals surface area (Å²) in [5.74, 6) is 0. The van der Waals surface area contributed by atoms with Crippen LogP contribution in [0.4, 0.5) is 0 Å². The Labute approximate surface area is 418 Å². The van der Waals surface area contributed by atoms with Crippen molar-refractivity contribution in [2.45, 2.75) is 305 Å². The molecule has 1 heterocycles. The first kappa shape index (κ1) is 60.1. The number of rotatable bonds is 39. The Kier molecular flexibility index (Phi) is 35.4. The van der Waals surface area contributed by atoms with Crippen LogP contribution in [0.1, 0.15) is 298 Å². The molecule has 1 aliphatic rings. The molecule has 0 amide bonds. The molecule has 0 aromatic heterocycles. The molecule has 0 aliphatic carbocycles. The molecule has 0 fully saturated rings. The fourth-order valence-corrected chi connectivity index (χ4v) is 11.2. The van der Waals surface area contributed by atoms with Crippen LogP contribution in [0.3, 0.4) is 0 Å². The van der Waals surface area contributed by atoms with Crippen LogP contribution < -0.4 is 0 Å². The van der Waals surface area contributed by atoms with Crippen molar-refractivity contribution in [1.82, 2.24) is 0 Å². The number of nitrogens with zero attached hydrogens (tertiary/aromatic N) is 2. The van der Waals surface area contributed by atoms with Crippen LogP contribution in [0.15, 0.2) is 35.4 Å². The first-order valence-corrected chi connectivity index (χ1v) is 30.3. The van der Waals surface area contributed by atoms with E-state index in [4.69, 9.17) is 0 Å². The van der Waals surface area contributed by atoms with E-state index in [1.165, 1.54) is 242 Å². The predicted molar refractivity (Wildman–Crippen MR) is 293 cm³/mol. The molecule has 0 unspecified atom stereocenters. The zero-order valence-electron chi connectivity index (χ0n) is 45.7. The van der Waals surface area contributed by atoms with E-state index in [9.17, 15) is 5.53 Å². The van der Waals surface area contributed by atoms with Gasteiger partial charge in [-0.05, 0) is 136 Å². The molecular weight excluding hydrogens is 843 g/mol. The third kappa shape index (κ3) is 23.1. The summed E-state index contributed by atoms with van der Waals surface area (Å²) in [4.78, 5) is 0. The van der Waals surface area contributed by atoms with Gasteiger partial charge in [0.2, 0.25) is 11.4 Å². The number of benzene rings is 2. The molecule has 0 radical (unpaired) electrons. The Hall–Kier alpha value is -1.99. The Morgan fingerprint density at radius 3 is 1.11 bits per heavy atom. The molecule has 3 rings (SSSR count). The summed E-state index contributed by atoms with van der Waals surface area (Å²) in [6.45, 7) is 22.6. The molecule has 0 bridgehead atoms. The van der Waals surface area contributed by atoms with Crippen LogP contribution in [-0.4, -0.2) is 4.70 Å². The normalized spacial score (nSPS) is 12.8. The first-order chi connectivity index (χ1) is 32.2. The van der Waals surface area contributed by atoms with Crippen molar-refractivity contribution in [1.29, 1.82) is 0 Å². The summed E-state index contributed by atoms with van der Waals surface area (Å²) in [7, 11) is 0. The van der Waals surface area contributed by atoms with Gasteiger partial charge in [0.25, 0.3) is 0 Å². The van der Waals surface area contributed by atoms with Gasteiger partial charge in [-0.2, -0.15) is 0 Å². The van der Waals surface area contributed by atoms with Crippen molar-refractivity contribution in [2.24, 2.45) is 0 Å². The molecule has 2 aromatic carbocycles. The molecule has 0 spiro atoms. The monoisotopic (exact) mass is 951 g/mol. The summed E-state index contributed by atoms with van der Waals surface area (Å²) in [5, 5.41) is 2.86. The van der Waals surface area contributed by atoms with Crippen LogP contribution in [0.5, 0.6) is 0 Å². The average Bonchev–Trinajstić information content (AvgIpc) is 3.61. The van der Waals surface area contributed by atoms with Gasteiger partial charge in [0, 0.05) is 22.3 Å². The maximum absolute atomic E-state index is 12.0. The second-order valence-electron chi connectivity index (χ2n) is 20.3. The van der Waals surface area contributed by atoms with Crippen molar-refractivity contribution in [3.8, 4) is 0 Å². The molecule has 66 heavy (non-hydrogen) atoms. The van der Waals surface area contributed by atoms with Gasteiger partial charge in [-0.25, -0.2) is 4.70 Å². The smallest absolute Gasteiger partial charge is 0.0654 e. The van der Waals surface area contributed by atoms with Gasteiger partial charge in [-0.1, -0.05) is 74.1 Å². The molecule has 0 saturated heterocycles. The minimum absolute atomic E-state index is 0.922. The molecule has 3 heteroatoms. The molecule has 380 valence electrons. The summed E-state index contributed by atoms with van der Waals surface area (Å²) < 4.78 is 1.57. The summed E-state index contributed by atoms with van der Waals surface area (Å²) in [5.41, 5.74) is 27.6. The van der Waals surface area contributed by atoms with Crippen LogP contribution in [0.2, 0.25) is 10.8 Å². The predicted octanol–water partition coefficient (Wildman–Crippen LogP) is 21.9. The summed E-state index contributed by atoms with van der Waals surface area (Å²) in [6, 6.07) is 9.43. The zero-order chi connectivity index (χ0) is 48.2. The van der Waals surface area contributed by atoms with Gasteiger partial charge in [-0.15, -0.1) is 0 Å². The van der Waals surface area contributed by atoms with Gasteiger partial charge < -0.3 is 5.53 Å². The van der Waals surface area contributed by atoms with E-state index in [1.807, 2.05) is 14.4 Å². The Balaban J connectivity index is 0.000000488. The van der Waals surface area contributed by atoms with E-state index >= 15 is 0 Å². The van der Waals surface area contributed by atoms with Gasteiger partial charge in [0.1, 0.15) is 0 Å². The number of hydrogen-bond donors (Lipinski definition) is 0. The van der Waals surface area contributed by atoms with E-state index in [2.05, 4.69) is 93.5 Å². The van der Waals surface area contributed by atoms with E-state index in [-0.39, 0.29) is 0 Å². The number of unbranched alkanes of at least 4 members (excludes halogenated alkanes) is 24. The fraction of sp³-hybridized carbons (Fsp3) is 0.746. The SMILES string of the molecule is CCCCC1=C(c2cc(C)c(C)c(C)c2)[N+](=[N-])C(c2cc(CCCC)c(CCCC)c(CCCC)c2)=C1CC.CCCCCCCCCCCC[CH2][Ni][CH2]CCCCCCCCCCCC. The third-order valence-electron chi connectivity index (χ3n) is 14.4. The standard InChI is InChI=1S/C37H54N2.2C13H27.Ni/c1-9-14-18-29-24-32(25-30(19-15-10-2)34(29)20-16-11-3)36-33(13-5)35(21-17-12-4)37(39(36)38)31-22-26(6)28(8)27(7)23-31;2*1-3-5-7-9-11-13-12-10-8-6-4-2;/h22-25H,9-21H2,1-8H3;2*1,3-13H2,2H3;. The molecule has 2 aromatic rings. The summed E-state index contributed by atoms with van der Waals surface area (Å²) in [6.07, 6.45) is 47.2. The van der Waals surface area contributed by atoms with Gasteiger partial charge in [0.15, 0.2) is 0 Å². The topological polar surface area (TPSA) is 25.3 Å². The molecule has 2 nitrogen and oxygen atoms in total. The van der Waals surface area contributed by atoms with E-state index in [0.717, 1.165) is 55.5 Å². The second-order valence-corrected chi connectivity index (χ2v) is 21.8. The average molecular weight is 952 g/mol. The molecule has 0 N–H and O–H groups in total. The van der Waals surface area contributed by atoms with Gasteiger partial charge in [-0.3, -0.25) is 0 Å². The molecule has 0 atom stereocenters. The molecule has 0 saturated carbocycles. The quantitative estimate of drug-likeness (QED) is 0.0363. The van der Waals surface area contributed by atoms with Crippen molar-refractivity contribution < 1.29 is 19.1 Å². The van der Waals surface area contributed by atoms with Crippen LogP contribution in [0.25, 0.3) is 16.9 Å². The van der Waals surface area contributed by atoms with E-state index in [1.54, 1.807) is 10.3 Å². The third-order valence-corrected chi connectivity index (χ3v) is 15.8. The van der Waals surface area contributed by atoms with Crippen LogP contribution >= 0.6 is 0 Å². The van der Waals surface area contributed by atoms with Gasteiger partial charge in [0.05, 0.1) is 0 Å². The zero-order valence-corrected chi connectivity index (χ0v) is 46.7. The van der Waals surface area contributed by atoms with Crippen LogP contribution in [0, 0.1) is 20.8 Å². The van der Waals surface area contributed by atoms with Crippen molar-refractivity contribution in [3.63, 3.8) is 0 Å². The maximum atomic E-state index is 12.0. The van der Waals surface area contributed by atoms with E-state index < -0.39 is 0 Å². The summed E-state index contributed by atoms with van der Waals surface area (Å²) >= 11 is 2.03. The Bertz CT molecular complexity index is 1570. The van der Waals surface area contributed by atoms with Crippen molar-refractivity contribution >= 4 is 11.4 Å². The Morgan fingerprint density at radius 2 is 0.712 bits per heavy atom.